The maximum atomic E-state index is 6.14. The molecule has 0 saturated carbocycles. The number of nitrogens with zero attached hydrogens (tertiary/aromatic N) is 4. The Balaban J connectivity index is 1.83. The molecule has 106 valence electrons. The lowest BCUT2D eigenvalue weighted by atomic mass is 10.2. The van der Waals surface area contributed by atoms with Crippen LogP contribution in [-0.2, 0) is 6.54 Å². The van der Waals surface area contributed by atoms with Crippen molar-refractivity contribution in [1.82, 2.24) is 20.2 Å². The Labute approximate surface area is 139 Å². The van der Waals surface area contributed by atoms with E-state index in [1.54, 1.807) is 12.1 Å². The van der Waals surface area contributed by atoms with E-state index in [2.05, 4.69) is 31.3 Å². The van der Waals surface area contributed by atoms with E-state index >= 15 is 0 Å². The van der Waals surface area contributed by atoms with Gasteiger partial charge in [0.05, 0.1) is 6.54 Å². The molecule has 0 radical (unpaired) electrons. The smallest absolute Gasteiger partial charge is 0.159 e. The van der Waals surface area contributed by atoms with Gasteiger partial charge in [-0.2, -0.15) is 4.80 Å². The summed E-state index contributed by atoms with van der Waals surface area (Å²) in [5.74, 6) is 0.576. The molecule has 2 aromatic carbocycles. The van der Waals surface area contributed by atoms with Crippen LogP contribution in [0.1, 0.15) is 5.56 Å². The number of tetrazole rings is 1. The van der Waals surface area contributed by atoms with Crippen LogP contribution in [0.4, 0.5) is 0 Å². The van der Waals surface area contributed by atoms with Crippen molar-refractivity contribution in [2.24, 2.45) is 0 Å². The highest BCUT2D eigenvalue weighted by Crippen LogP contribution is 2.22. The highest BCUT2D eigenvalue weighted by atomic mass is 79.9. The summed E-state index contributed by atoms with van der Waals surface area (Å²) in [5.41, 5.74) is 1.80. The zero-order chi connectivity index (χ0) is 14.8. The van der Waals surface area contributed by atoms with Crippen molar-refractivity contribution in [2.45, 2.75) is 6.54 Å². The highest BCUT2D eigenvalue weighted by molar-refractivity contribution is 9.10. The van der Waals surface area contributed by atoms with Crippen molar-refractivity contribution in [3.63, 3.8) is 0 Å². The number of aromatic nitrogens is 4. The lowest BCUT2D eigenvalue weighted by molar-refractivity contribution is 0.573. The molecule has 4 nitrogen and oxygen atoms in total. The third kappa shape index (κ3) is 3.43. The molecule has 0 saturated heterocycles. The van der Waals surface area contributed by atoms with Crippen molar-refractivity contribution in [3.8, 4) is 11.4 Å². The lowest BCUT2D eigenvalue weighted by Crippen LogP contribution is -2.04. The van der Waals surface area contributed by atoms with E-state index in [1.807, 2.05) is 30.3 Å². The molecule has 3 rings (SSSR count). The van der Waals surface area contributed by atoms with Crippen LogP contribution in [0.2, 0.25) is 10.0 Å². The van der Waals surface area contributed by atoms with Gasteiger partial charge < -0.3 is 0 Å². The van der Waals surface area contributed by atoms with Crippen LogP contribution < -0.4 is 0 Å². The topological polar surface area (TPSA) is 43.6 Å². The van der Waals surface area contributed by atoms with Crippen LogP contribution >= 0.6 is 39.1 Å². The molecule has 0 aliphatic rings. The van der Waals surface area contributed by atoms with Gasteiger partial charge in [0.25, 0.3) is 0 Å². The molecule has 1 heterocycles. The average Bonchev–Trinajstić information content (AvgIpc) is 2.91. The fourth-order valence-electron chi connectivity index (χ4n) is 1.83. The van der Waals surface area contributed by atoms with Crippen LogP contribution in [-0.4, -0.2) is 20.2 Å². The summed E-state index contributed by atoms with van der Waals surface area (Å²) in [5, 5.41) is 13.7. The van der Waals surface area contributed by atoms with E-state index in [0.717, 1.165) is 15.6 Å². The first kappa shape index (κ1) is 14.5. The Morgan fingerprint density at radius 2 is 1.81 bits per heavy atom. The quantitative estimate of drug-likeness (QED) is 0.670. The molecule has 0 aliphatic carbocycles. The Bertz CT molecular complexity index is 771. The molecule has 0 bridgehead atoms. The Morgan fingerprint density at radius 1 is 1.05 bits per heavy atom. The van der Waals surface area contributed by atoms with Gasteiger partial charge in [-0.05, 0) is 47.2 Å². The first-order chi connectivity index (χ1) is 10.1. The van der Waals surface area contributed by atoms with Crippen molar-refractivity contribution >= 4 is 39.1 Å². The van der Waals surface area contributed by atoms with Crippen LogP contribution in [0.25, 0.3) is 11.4 Å². The first-order valence-electron chi connectivity index (χ1n) is 6.09. The SMILES string of the molecule is Clc1ccc(Cn2nnc(-c3ccc(Br)cc3)n2)c(Cl)c1. The number of halogens is 3. The fraction of sp³-hybridized carbons (Fsp3) is 0.0714. The molecule has 0 unspecified atom stereocenters. The van der Waals surface area contributed by atoms with Gasteiger partial charge in [-0.1, -0.05) is 45.2 Å². The minimum absolute atomic E-state index is 0.444. The first-order valence-corrected chi connectivity index (χ1v) is 7.64. The summed E-state index contributed by atoms with van der Waals surface area (Å²) in [6.45, 7) is 0.444. The zero-order valence-corrected chi connectivity index (χ0v) is 13.8. The standard InChI is InChI=1S/C14H9BrCl2N4/c15-11-4-1-9(2-5-11)14-18-20-21(19-14)8-10-3-6-12(16)7-13(10)17/h1-7H,8H2. The number of benzene rings is 2. The Morgan fingerprint density at radius 3 is 2.52 bits per heavy atom. The van der Waals surface area contributed by atoms with E-state index in [9.17, 15) is 0 Å². The lowest BCUT2D eigenvalue weighted by Gasteiger charge is -2.03. The largest absolute Gasteiger partial charge is 0.204 e. The molecule has 0 fully saturated rings. The fourth-order valence-corrected chi connectivity index (χ4v) is 2.56. The maximum Gasteiger partial charge on any atom is 0.204 e. The second kappa shape index (κ2) is 6.13. The molecule has 7 heteroatoms. The third-order valence-electron chi connectivity index (χ3n) is 2.88. The second-order valence-corrected chi connectivity index (χ2v) is 6.15. The third-order valence-corrected chi connectivity index (χ3v) is 4.00. The molecule has 1 aromatic heterocycles. The summed E-state index contributed by atoms with van der Waals surface area (Å²) in [6.07, 6.45) is 0. The second-order valence-electron chi connectivity index (χ2n) is 4.39. The molecule has 21 heavy (non-hydrogen) atoms. The summed E-state index contributed by atoms with van der Waals surface area (Å²) in [4.78, 5) is 1.51. The van der Waals surface area contributed by atoms with Crippen molar-refractivity contribution in [1.29, 1.82) is 0 Å². The molecule has 3 aromatic rings. The van der Waals surface area contributed by atoms with Crippen molar-refractivity contribution in [2.75, 3.05) is 0 Å². The Kier molecular flexibility index (Phi) is 4.24. The van der Waals surface area contributed by atoms with Crippen LogP contribution in [0.3, 0.4) is 0 Å². The van der Waals surface area contributed by atoms with Gasteiger partial charge in [0.2, 0.25) is 5.82 Å². The summed E-state index contributed by atoms with van der Waals surface area (Å²) in [7, 11) is 0. The molecule has 0 atom stereocenters. The van der Waals surface area contributed by atoms with Crippen LogP contribution in [0, 0.1) is 0 Å². The van der Waals surface area contributed by atoms with Gasteiger partial charge in [0, 0.05) is 20.1 Å². The maximum absolute atomic E-state index is 6.14. The van der Waals surface area contributed by atoms with E-state index in [1.165, 1.54) is 4.80 Å². The predicted molar refractivity (Wildman–Crippen MR) is 86.5 cm³/mol. The normalized spacial score (nSPS) is 10.8. The van der Waals surface area contributed by atoms with Gasteiger partial charge in [-0.25, -0.2) is 0 Å². The van der Waals surface area contributed by atoms with Crippen molar-refractivity contribution < 1.29 is 0 Å². The molecule has 0 spiro atoms. The number of hydrogen-bond acceptors (Lipinski definition) is 3. The minimum Gasteiger partial charge on any atom is -0.159 e. The van der Waals surface area contributed by atoms with Crippen LogP contribution in [0.5, 0.6) is 0 Å². The summed E-state index contributed by atoms with van der Waals surface area (Å²) >= 11 is 15.4. The molecule has 0 aliphatic heterocycles. The monoisotopic (exact) mass is 382 g/mol. The summed E-state index contributed by atoms with van der Waals surface area (Å²) < 4.78 is 1.01. The molecular formula is C14H9BrCl2N4. The van der Waals surface area contributed by atoms with E-state index in [0.29, 0.717) is 22.4 Å². The molecule has 0 amide bonds. The van der Waals surface area contributed by atoms with Gasteiger partial charge in [-0.3, -0.25) is 0 Å². The number of hydrogen-bond donors (Lipinski definition) is 0. The highest BCUT2D eigenvalue weighted by Gasteiger charge is 2.08. The molecular weight excluding hydrogens is 375 g/mol. The van der Waals surface area contributed by atoms with Gasteiger partial charge in [-0.15, -0.1) is 10.2 Å². The zero-order valence-electron chi connectivity index (χ0n) is 10.7. The van der Waals surface area contributed by atoms with Gasteiger partial charge in [0.15, 0.2) is 0 Å². The van der Waals surface area contributed by atoms with Crippen molar-refractivity contribution in [3.05, 3.63) is 62.5 Å². The minimum atomic E-state index is 0.444. The van der Waals surface area contributed by atoms with Gasteiger partial charge in [0.1, 0.15) is 0 Å². The average molecular weight is 384 g/mol. The van der Waals surface area contributed by atoms with Crippen LogP contribution in [0.15, 0.2) is 46.9 Å². The predicted octanol–water partition coefficient (Wildman–Crippen LogP) is 4.46. The Hall–Kier alpha value is -1.43. The van der Waals surface area contributed by atoms with Gasteiger partial charge >= 0.3 is 0 Å². The summed E-state index contributed by atoms with van der Waals surface area (Å²) in [6, 6.07) is 13.1. The number of rotatable bonds is 3. The molecule has 0 N–H and O–H groups in total. The van der Waals surface area contributed by atoms with E-state index < -0.39 is 0 Å². The van der Waals surface area contributed by atoms with E-state index in [4.69, 9.17) is 23.2 Å². The van der Waals surface area contributed by atoms with E-state index in [-0.39, 0.29) is 0 Å².